The fourth-order valence-corrected chi connectivity index (χ4v) is 2.10. The zero-order valence-electron chi connectivity index (χ0n) is 10.7. The third kappa shape index (κ3) is 4.35. The highest BCUT2D eigenvalue weighted by molar-refractivity contribution is 9.10. The van der Waals surface area contributed by atoms with E-state index in [4.69, 9.17) is 0 Å². The van der Waals surface area contributed by atoms with Gasteiger partial charge < -0.3 is 10.6 Å². The standard InChI is InChI=1S/C15H14BrFN2O/c16-13-3-1-2-4-14(13)18-10-9-15(20)19-12-7-5-11(17)6-8-12/h1-8,18H,9-10H2,(H,19,20). The molecule has 0 aromatic heterocycles. The van der Waals surface area contributed by atoms with Gasteiger partial charge in [-0.15, -0.1) is 0 Å². The van der Waals surface area contributed by atoms with Crippen LogP contribution in [0.5, 0.6) is 0 Å². The molecule has 0 unspecified atom stereocenters. The lowest BCUT2D eigenvalue weighted by Crippen LogP contribution is -2.16. The minimum Gasteiger partial charge on any atom is -0.384 e. The molecule has 2 rings (SSSR count). The molecule has 104 valence electrons. The van der Waals surface area contributed by atoms with Gasteiger partial charge in [0, 0.05) is 28.8 Å². The predicted octanol–water partition coefficient (Wildman–Crippen LogP) is 4.03. The number of hydrogen-bond acceptors (Lipinski definition) is 2. The SMILES string of the molecule is O=C(CCNc1ccccc1Br)Nc1ccc(F)cc1. The summed E-state index contributed by atoms with van der Waals surface area (Å²) in [4.78, 5) is 11.7. The monoisotopic (exact) mass is 336 g/mol. The Hall–Kier alpha value is -1.88. The van der Waals surface area contributed by atoms with Crippen LogP contribution in [0.15, 0.2) is 53.0 Å². The zero-order chi connectivity index (χ0) is 14.4. The fourth-order valence-electron chi connectivity index (χ4n) is 1.67. The van der Waals surface area contributed by atoms with Crippen molar-refractivity contribution in [3.63, 3.8) is 0 Å². The third-order valence-electron chi connectivity index (χ3n) is 2.67. The Labute approximate surface area is 125 Å². The fraction of sp³-hybridized carbons (Fsp3) is 0.133. The van der Waals surface area contributed by atoms with Gasteiger partial charge in [0.25, 0.3) is 0 Å². The molecule has 0 aliphatic carbocycles. The average molecular weight is 337 g/mol. The molecule has 0 saturated heterocycles. The molecule has 0 heterocycles. The van der Waals surface area contributed by atoms with Crippen molar-refractivity contribution in [2.24, 2.45) is 0 Å². The van der Waals surface area contributed by atoms with E-state index in [1.807, 2.05) is 24.3 Å². The van der Waals surface area contributed by atoms with E-state index in [-0.39, 0.29) is 11.7 Å². The van der Waals surface area contributed by atoms with Crippen LogP contribution in [0.2, 0.25) is 0 Å². The Bertz CT molecular complexity index is 587. The number of anilines is 2. The summed E-state index contributed by atoms with van der Waals surface area (Å²) < 4.78 is 13.7. The molecular weight excluding hydrogens is 323 g/mol. The molecule has 1 amide bonds. The summed E-state index contributed by atoms with van der Waals surface area (Å²) in [5.41, 5.74) is 1.54. The van der Waals surface area contributed by atoms with E-state index < -0.39 is 0 Å². The van der Waals surface area contributed by atoms with Crippen molar-refractivity contribution in [3.8, 4) is 0 Å². The largest absolute Gasteiger partial charge is 0.384 e. The third-order valence-corrected chi connectivity index (χ3v) is 3.36. The van der Waals surface area contributed by atoms with Gasteiger partial charge in [-0.05, 0) is 52.3 Å². The van der Waals surface area contributed by atoms with Crippen molar-refractivity contribution in [1.82, 2.24) is 0 Å². The van der Waals surface area contributed by atoms with Gasteiger partial charge in [-0.25, -0.2) is 4.39 Å². The summed E-state index contributed by atoms with van der Waals surface area (Å²) in [6, 6.07) is 13.4. The number of rotatable bonds is 5. The summed E-state index contributed by atoms with van der Waals surface area (Å²) >= 11 is 3.43. The first-order valence-electron chi connectivity index (χ1n) is 6.19. The highest BCUT2D eigenvalue weighted by atomic mass is 79.9. The zero-order valence-corrected chi connectivity index (χ0v) is 12.3. The summed E-state index contributed by atoms with van der Waals surface area (Å²) in [6.45, 7) is 0.523. The molecule has 0 bridgehead atoms. The summed E-state index contributed by atoms with van der Waals surface area (Å²) in [6.07, 6.45) is 0.332. The Morgan fingerprint density at radius 2 is 1.80 bits per heavy atom. The van der Waals surface area contributed by atoms with E-state index in [0.29, 0.717) is 18.7 Å². The van der Waals surface area contributed by atoms with Gasteiger partial charge in [-0.2, -0.15) is 0 Å². The van der Waals surface area contributed by atoms with Gasteiger partial charge in [0.1, 0.15) is 5.82 Å². The van der Waals surface area contributed by atoms with Gasteiger partial charge in [0.2, 0.25) is 5.91 Å². The molecule has 3 nitrogen and oxygen atoms in total. The second-order valence-corrected chi connectivity index (χ2v) is 5.07. The average Bonchev–Trinajstić information content (AvgIpc) is 2.43. The minimum absolute atomic E-state index is 0.115. The molecule has 2 N–H and O–H groups in total. The normalized spacial score (nSPS) is 10.1. The van der Waals surface area contributed by atoms with Crippen LogP contribution in [0.3, 0.4) is 0 Å². The van der Waals surface area contributed by atoms with E-state index >= 15 is 0 Å². The van der Waals surface area contributed by atoms with Gasteiger partial charge in [0.05, 0.1) is 0 Å². The van der Waals surface area contributed by atoms with Crippen LogP contribution < -0.4 is 10.6 Å². The Morgan fingerprint density at radius 1 is 1.10 bits per heavy atom. The lowest BCUT2D eigenvalue weighted by atomic mass is 10.3. The molecule has 0 spiro atoms. The Balaban J connectivity index is 1.78. The second-order valence-electron chi connectivity index (χ2n) is 4.21. The first-order chi connectivity index (χ1) is 9.65. The highest BCUT2D eigenvalue weighted by Gasteiger charge is 2.03. The Kier molecular flexibility index (Phi) is 5.12. The molecule has 0 saturated carbocycles. The summed E-state index contributed by atoms with van der Waals surface area (Å²) in [7, 11) is 0. The van der Waals surface area contributed by atoms with Crippen LogP contribution in [-0.4, -0.2) is 12.5 Å². The van der Waals surface area contributed by atoms with Crippen LogP contribution in [0.4, 0.5) is 15.8 Å². The van der Waals surface area contributed by atoms with Gasteiger partial charge in [-0.1, -0.05) is 12.1 Å². The molecule has 0 atom stereocenters. The summed E-state index contributed by atoms with van der Waals surface area (Å²) in [5.74, 6) is -0.435. The maximum absolute atomic E-state index is 12.7. The number of nitrogens with one attached hydrogen (secondary N) is 2. The molecule has 20 heavy (non-hydrogen) atoms. The van der Waals surface area contributed by atoms with Gasteiger partial charge in [-0.3, -0.25) is 4.79 Å². The molecule has 2 aromatic rings. The maximum atomic E-state index is 12.7. The van der Waals surface area contributed by atoms with Crippen LogP contribution in [-0.2, 0) is 4.79 Å². The van der Waals surface area contributed by atoms with Crippen LogP contribution in [0, 0.1) is 5.82 Å². The van der Waals surface area contributed by atoms with E-state index in [1.165, 1.54) is 24.3 Å². The van der Waals surface area contributed by atoms with Crippen molar-refractivity contribution in [1.29, 1.82) is 0 Å². The topological polar surface area (TPSA) is 41.1 Å². The molecule has 5 heteroatoms. The van der Waals surface area contributed by atoms with Crippen molar-refractivity contribution < 1.29 is 9.18 Å². The number of carbonyl (C=O) groups excluding carboxylic acids is 1. The first kappa shape index (κ1) is 14.5. The van der Waals surface area contributed by atoms with Crippen molar-refractivity contribution in [3.05, 3.63) is 58.8 Å². The van der Waals surface area contributed by atoms with Crippen LogP contribution in [0.1, 0.15) is 6.42 Å². The Morgan fingerprint density at radius 3 is 2.50 bits per heavy atom. The van der Waals surface area contributed by atoms with E-state index in [2.05, 4.69) is 26.6 Å². The minimum atomic E-state index is -0.321. The van der Waals surface area contributed by atoms with E-state index in [9.17, 15) is 9.18 Å². The number of halogens is 2. The molecule has 2 aromatic carbocycles. The quantitative estimate of drug-likeness (QED) is 0.865. The smallest absolute Gasteiger partial charge is 0.226 e. The van der Waals surface area contributed by atoms with Crippen molar-refractivity contribution in [2.45, 2.75) is 6.42 Å². The first-order valence-corrected chi connectivity index (χ1v) is 6.98. The summed E-state index contributed by atoms with van der Waals surface area (Å²) in [5, 5.41) is 5.88. The van der Waals surface area contributed by atoms with Gasteiger partial charge >= 0.3 is 0 Å². The number of amides is 1. The number of para-hydroxylation sites is 1. The van der Waals surface area contributed by atoms with Crippen LogP contribution >= 0.6 is 15.9 Å². The lowest BCUT2D eigenvalue weighted by Gasteiger charge is -2.08. The number of hydrogen-bond donors (Lipinski definition) is 2. The van der Waals surface area contributed by atoms with E-state index in [0.717, 1.165) is 10.2 Å². The van der Waals surface area contributed by atoms with Crippen molar-refractivity contribution >= 4 is 33.2 Å². The molecule has 0 aliphatic heterocycles. The molecule has 0 radical (unpaired) electrons. The number of benzene rings is 2. The molecular formula is C15H14BrFN2O. The molecule has 0 fully saturated rings. The van der Waals surface area contributed by atoms with E-state index in [1.54, 1.807) is 0 Å². The molecule has 0 aliphatic rings. The van der Waals surface area contributed by atoms with Gasteiger partial charge in [0.15, 0.2) is 0 Å². The maximum Gasteiger partial charge on any atom is 0.226 e. The predicted molar refractivity (Wildman–Crippen MR) is 82.3 cm³/mol. The lowest BCUT2D eigenvalue weighted by molar-refractivity contribution is -0.115. The van der Waals surface area contributed by atoms with Crippen molar-refractivity contribution in [2.75, 3.05) is 17.2 Å². The number of carbonyl (C=O) groups is 1. The van der Waals surface area contributed by atoms with Crippen LogP contribution in [0.25, 0.3) is 0 Å². The second kappa shape index (κ2) is 7.05. The highest BCUT2D eigenvalue weighted by Crippen LogP contribution is 2.20.